The largest absolute Gasteiger partial charge is 0.380 e. The number of amidine groups is 1. The molecule has 3 aliphatic heterocycles. The molecule has 3 fully saturated rings. The molecule has 1 amide bonds. The maximum atomic E-state index is 12.6. The second-order valence-corrected chi connectivity index (χ2v) is 8.28. The lowest BCUT2D eigenvalue weighted by atomic mass is 9.84. The van der Waals surface area contributed by atoms with Crippen molar-refractivity contribution in [2.24, 2.45) is 21.8 Å². The van der Waals surface area contributed by atoms with Gasteiger partial charge in [0.15, 0.2) is 0 Å². The minimum absolute atomic E-state index is 0.000241. The molecule has 1 aliphatic carbocycles. The quantitative estimate of drug-likeness (QED) is 0.795. The maximum Gasteiger partial charge on any atom is 0.262 e. The summed E-state index contributed by atoms with van der Waals surface area (Å²) >= 11 is 0. The number of allylic oxidation sites excluding steroid dienone is 1. The van der Waals surface area contributed by atoms with Gasteiger partial charge >= 0.3 is 0 Å². The van der Waals surface area contributed by atoms with E-state index in [1.807, 2.05) is 35.4 Å². The lowest BCUT2D eigenvalue weighted by molar-refractivity contribution is -0.184. The number of benzene rings is 1. The molecule has 3 atom stereocenters. The number of carbonyl (C=O) groups excluding carboxylic acids is 1. The second kappa shape index (κ2) is 7.35. The summed E-state index contributed by atoms with van der Waals surface area (Å²) in [4.78, 5) is 21.2. The summed E-state index contributed by atoms with van der Waals surface area (Å²) < 4.78 is 5.12. The fourth-order valence-electron chi connectivity index (χ4n) is 4.60. The van der Waals surface area contributed by atoms with E-state index in [1.54, 1.807) is 0 Å². The van der Waals surface area contributed by atoms with Crippen LogP contribution in [0, 0.1) is 23.2 Å². The summed E-state index contributed by atoms with van der Waals surface area (Å²) in [6, 6.07) is 9.74. The van der Waals surface area contributed by atoms with E-state index >= 15 is 0 Å². The molecule has 1 saturated carbocycles. The molecule has 8 heteroatoms. The summed E-state index contributed by atoms with van der Waals surface area (Å²) in [6.45, 7) is 0.586. The smallest absolute Gasteiger partial charge is 0.262 e. The molecule has 30 heavy (non-hydrogen) atoms. The first-order valence-corrected chi connectivity index (χ1v) is 10.3. The van der Waals surface area contributed by atoms with E-state index < -0.39 is 11.5 Å². The molecule has 3 heterocycles. The van der Waals surface area contributed by atoms with Crippen LogP contribution in [0.3, 0.4) is 0 Å². The Morgan fingerprint density at radius 3 is 2.73 bits per heavy atom. The summed E-state index contributed by atoms with van der Waals surface area (Å²) in [5, 5.41) is 22.0. The van der Waals surface area contributed by atoms with Crippen molar-refractivity contribution in [3.8, 4) is 6.07 Å². The zero-order chi connectivity index (χ0) is 20.7. The summed E-state index contributed by atoms with van der Waals surface area (Å²) in [5.74, 6) is -0.419. The number of nitrogens with one attached hydrogen (secondary N) is 1. The number of aliphatic imine (C=N–C) groups is 2. The number of hydrogen-bond donors (Lipinski definition) is 2. The first-order valence-electron chi connectivity index (χ1n) is 10.3. The van der Waals surface area contributed by atoms with Gasteiger partial charge in [0.1, 0.15) is 17.4 Å². The van der Waals surface area contributed by atoms with Crippen molar-refractivity contribution in [2.75, 3.05) is 13.2 Å². The molecular formula is C22H23N5O3. The van der Waals surface area contributed by atoms with Crippen LogP contribution >= 0.6 is 0 Å². The van der Waals surface area contributed by atoms with E-state index in [0.717, 1.165) is 36.9 Å². The fourth-order valence-corrected chi connectivity index (χ4v) is 4.60. The number of aliphatic hydroxyl groups is 1. The molecule has 2 saturated heterocycles. The molecule has 0 radical (unpaired) electrons. The predicted octanol–water partition coefficient (Wildman–Crippen LogP) is 1.95. The number of dihydropyridines is 1. The Hall–Kier alpha value is -3.02. The van der Waals surface area contributed by atoms with Crippen molar-refractivity contribution >= 4 is 23.6 Å². The van der Waals surface area contributed by atoms with Gasteiger partial charge in [-0.3, -0.25) is 15.2 Å². The molecule has 154 valence electrons. The van der Waals surface area contributed by atoms with Gasteiger partial charge in [-0.1, -0.05) is 25.0 Å². The van der Waals surface area contributed by atoms with Gasteiger partial charge in [0.2, 0.25) is 0 Å². The molecule has 5 rings (SSSR count). The number of rotatable bonds is 3. The highest BCUT2D eigenvalue weighted by Crippen LogP contribution is 2.36. The Kier molecular flexibility index (Phi) is 4.65. The number of fused-ring (bicyclic) bond motifs is 1. The van der Waals surface area contributed by atoms with Crippen LogP contribution in [0.2, 0.25) is 0 Å². The van der Waals surface area contributed by atoms with Crippen molar-refractivity contribution in [3.63, 3.8) is 0 Å². The van der Waals surface area contributed by atoms with Gasteiger partial charge in [-0.05, 0) is 36.6 Å². The summed E-state index contributed by atoms with van der Waals surface area (Å²) in [7, 11) is 0. The average molecular weight is 405 g/mol. The van der Waals surface area contributed by atoms with Crippen LogP contribution in [-0.2, 0) is 15.1 Å². The summed E-state index contributed by atoms with van der Waals surface area (Å²) in [6.07, 6.45) is 7.22. The average Bonchev–Trinajstić information content (AvgIpc) is 3.12. The van der Waals surface area contributed by atoms with Gasteiger partial charge < -0.3 is 9.84 Å². The van der Waals surface area contributed by atoms with E-state index in [2.05, 4.69) is 21.5 Å². The normalized spacial score (nSPS) is 30.9. The van der Waals surface area contributed by atoms with Crippen LogP contribution in [0.25, 0.3) is 0 Å². The highest BCUT2D eigenvalue weighted by Gasteiger charge is 2.45. The van der Waals surface area contributed by atoms with Crippen LogP contribution in [-0.4, -0.2) is 47.3 Å². The lowest BCUT2D eigenvalue weighted by Crippen LogP contribution is -2.46. The number of ether oxygens (including phenoxy) is 1. The Balaban J connectivity index is 1.45. The zero-order valence-electron chi connectivity index (χ0n) is 16.5. The van der Waals surface area contributed by atoms with Crippen molar-refractivity contribution < 1.29 is 14.6 Å². The molecule has 8 nitrogen and oxygen atoms in total. The first-order chi connectivity index (χ1) is 14.6. The zero-order valence-corrected chi connectivity index (χ0v) is 16.5. The second-order valence-electron chi connectivity index (χ2n) is 8.28. The molecule has 0 bridgehead atoms. The van der Waals surface area contributed by atoms with Crippen LogP contribution in [0.4, 0.5) is 5.69 Å². The highest BCUT2D eigenvalue weighted by molar-refractivity contribution is 6.12. The van der Waals surface area contributed by atoms with Gasteiger partial charge in [0.05, 0.1) is 42.6 Å². The van der Waals surface area contributed by atoms with Crippen LogP contribution < -0.4 is 5.43 Å². The van der Waals surface area contributed by atoms with Crippen LogP contribution in [0.5, 0.6) is 0 Å². The number of nitrogens with zero attached hydrogens (tertiary/aromatic N) is 4. The molecule has 4 aliphatic rings. The molecule has 1 aromatic rings. The lowest BCUT2D eigenvalue weighted by Gasteiger charge is -2.36. The first kappa shape index (κ1) is 19.0. The number of amides is 1. The van der Waals surface area contributed by atoms with Gasteiger partial charge in [-0.2, -0.15) is 5.26 Å². The van der Waals surface area contributed by atoms with Crippen LogP contribution in [0.15, 0.2) is 46.0 Å². The van der Waals surface area contributed by atoms with E-state index in [-0.39, 0.29) is 17.9 Å². The third-order valence-electron chi connectivity index (χ3n) is 6.34. The molecule has 2 N–H and O–H groups in total. The minimum atomic E-state index is -0.925. The molecule has 0 aromatic heterocycles. The number of carbonyl (C=O) groups is 1. The number of hydrogen-bond acceptors (Lipinski definition) is 6. The van der Waals surface area contributed by atoms with E-state index in [9.17, 15) is 15.2 Å². The molecule has 0 spiro atoms. The van der Waals surface area contributed by atoms with Gasteiger partial charge in [0, 0.05) is 6.21 Å². The highest BCUT2D eigenvalue weighted by atomic mass is 16.5. The molecular weight excluding hydrogens is 382 g/mol. The van der Waals surface area contributed by atoms with Gasteiger partial charge in [0.25, 0.3) is 5.91 Å². The van der Waals surface area contributed by atoms with Crippen molar-refractivity contribution in [2.45, 2.75) is 37.3 Å². The Morgan fingerprint density at radius 1 is 1.27 bits per heavy atom. The third-order valence-corrected chi connectivity index (χ3v) is 6.34. The Labute approximate surface area is 174 Å². The molecule has 2 unspecified atom stereocenters. The third kappa shape index (κ3) is 3.11. The standard InChI is InChI=1S/C22H23N5O3/c23-11-14-3-1-2-4-17(14)27-18-9-10-24-21(28)19(18)20(26-27)25-16-7-5-15(6-8-16)22(29)12-30-13-22/h5-10,14,17,19,29H,1-4,12-13H2,(H,25,26)/t14-,17?,19?/m1/s1. The Bertz CT molecular complexity index is 987. The van der Waals surface area contributed by atoms with E-state index in [1.165, 1.54) is 6.21 Å². The van der Waals surface area contributed by atoms with Gasteiger partial charge in [-0.15, -0.1) is 0 Å². The summed E-state index contributed by atoms with van der Waals surface area (Å²) in [5.41, 5.74) is 4.65. The van der Waals surface area contributed by atoms with E-state index in [4.69, 9.17) is 4.74 Å². The monoisotopic (exact) mass is 405 g/mol. The Morgan fingerprint density at radius 2 is 2.03 bits per heavy atom. The SMILES string of the molecule is N#C[C@H]1CCCCC1N1NC(=Nc2ccc(C3(O)COC3)cc2)C2C(=O)N=CC=C21. The maximum absolute atomic E-state index is 12.6. The predicted molar refractivity (Wildman–Crippen MR) is 110 cm³/mol. The fraction of sp³-hybridized carbons (Fsp3) is 0.455. The molecule has 1 aromatic carbocycles. The minimum Gasteiger partial charge on any atom is -0.380 e. The van der Waals surface area contributed by atoms with Crippen LogP contribution in [0.1, 0.15) is 31.2 Å². The van der Waals surface area contributed by atoms with E-state index in [0.29, 0.717) is 24.7 Å². The van der Waals surface area contributed by atoms with Crippen molar-refractivity contribution in [1.29, 1.82) is 5.26 Å². The number of nitriles is 1. The number of hydrazine groups is 1. The van der Waals surface area contributed by atoms with Crippen molar-refractivity contribution in [3.05, 3.63) is 41.6 Å². The van der Waals surface area contributed by atoms with Gasteiger partial charge in [-0.25, -0.2) is 9.98 Å². The van der Waals surface area contributed by atoms with Crippen molar-refractivity contribution in [1.82, 2.24) is 10.4 Å². The topological polar surface area (TPSA) is 110 Å².